The Bertz CT molecular complexity index is 1020. The van der Waals surface area contributed by atoms with E-state index in [4.69, 9.17) is 4.98 Å². The van der Waals surface area contributed by atoms with Crippen molar-refractivity contribution < 1.29 is 0 Å². The van der Waals surface area contributed by atoms with Crippen LogP contribution in [0.25, 0.3) is 39.7 Å². The van der Waals surface area contributed by atoms with E-state index in [2.05, 4.69) is 41.8 Å². The second-order valence-corrected chi connectivity index (χ2v) is 5.01. The minimum absolute atomic E-state index is 0.930. The lowest BCUT2D eigenvalue weighted by molar-refractivity contribution is 1.29. The van der Waals surface area contributed by atoms with Crippen LogP contribution in [0.3, 0.4) is 0 Å². The summed E-state index contributed by atoms with van der Waals surface area (Å²) < 4.78 is 2.20. The molecule has 0 amide bonds. The van der Waals surface area contributed by atoms with Crippen LogP contribution in [0.15, 0.2) is 61.7 Å². The summed E-state index contributed by atoms with van der Waals surface area (Å²) in [5, 5.41) is 1.16. The monoisotopic (exact) mass is 270 g/mol. The second kappa shape index (κ2) is 4.32. The summed E-state index contributed by atoms with van der Waals surface area (Å²) >= 11 is 0. The molecule has 0 N–H and O–H groups in total. The highest BCUT2D eigenvalue weighted by molar-refractivity contribution is 6.00. The SMILES string of the molecule is C=Cc1c(C=C)c2nc3ccccc3n2c2ccccc12. The van der Waals surface area contributed by atoms with Crippen LogP contribution in [0.5, 0.6) is 0 Å². The van der Waals surface area contributed by atoms with Gasteiger partial charge in [-0.15, -0.1) is 0 Å². The number of hydrogen-bond donors (Lipinski definition) is 0. The molecule has 0 aliphatic rings. The van der Waals surface area contributed by atoms with Crippen LogP contribution in [0.2, 0.25) is 0 Å². The van der Waals surface area contributed by atoms with Crippen molar-refractivity contribution in [1.29, 1.82) is 0 Å². The molecule has 2 nitrogen and oxygen atoms in total. The molecule has 21 heavy (non-hydrogen) atoms. The molecular weight excluding hydrogens is 256 g/mol. The van der Waals surface area contributed by atoms with E-state index in [0.29, 0.717) is 0 Å². The average Bonchev–Trinajstić information content (AvgIpc) is 2.92. The minimum Gasteiger partial charge on any atom is -0.292 e. The summed E-state index contributed by atoms with van der Waals surface area (Å²) in [6, 6.07) is 16.5. The maximum absolute atomic E-state index is 4.79. The number of pyridine rings is 1. The van der Waals surface area contributed by atoms with Gasteiger partial charge < -0.3 is 0 Å². The Labute approximate surface area is 122 Å². The van der Waals surface area contributed by atoms with E-state index < -0.39 is 0 Å². The molecule has 0 aliphatic carbocycles. The predicted octanol–water partition coefficient (Wildman–Crippen LogP) is 4.93. The number of imidazole rings is 1. The number of nitrogens with zero attached hydrogens (tertiary/aromatic N) is 2. The van der Waals surface area contributed by atoms with Crippen molar-refractivity contribution in [3.05, 3.63) is 72.8 Å². The van der Waals surface area contributed by atoms with Crippen LogP contribution < -0.4 is 0 Å². The first-order valence-electron chi connectivity index (χ1n) is 6.92. The lowest BCUT2D eigenvalue weighted by Crippen LogP contribution is -1.95. The first-order chi connectivity index (χ1) is 10.3. The highest BCUT2D eigenvalue weighted by Gasteiger charge is 2.14. The van der Waals surface area contributed by atoms with Gasteiger partial charge in [-0.2, -0.15) is 0 Å². The molecule has 2 heteroatoms. The fraction of sp³-hybridized carbons (Fsp3) is 0. The molecule has 0 spiro atoms. The maximum Gasteiger partial charge on any atom is 0.146 e. The topological polar surface area (TPSA) is 17.3 Å². The van der Waals surface area contributed by atoms with E-state index in [1.807, 2.05) is 36.4 Å². The normalized spacial score (nSPS) is 11.2. The number of fused-ring (bicyclic) bond motifs is 5. The minimum atomic E-state index is 0.930. The molecule has 2 aromatic carbocycles. The third-order valence-corrected chi connectivity index (χ3v) is 3.94. The molecule has 2 aromatic heterocycles. The molecule has 0 saturated heterocycles. The first kappa shape index (κ1) is 11.9. The highest BCUT2D eigenvalue weighted by Crippen LogP contribution is 2.31. The molecule has 0 saturated carbocycles. The molecule has 0 atom stereocenters. The molecule has 4 rings (SSSR count). The van der Waals surface area contributed by atoms with E-state index in [1.165, 1.54) is 0 Å². The van der Waals surface area contributed by atoms with Crippen molar-refractivity contribution in [2.24, 2.45) is 0 Å². The van der Waals surface area contributed by atoms with Crippen LogP contribution in [0.1, 0.15) is 11.1 Å². The Morgan fingerprint density at radius 2 is 1.48 bits per heavy atom. The van der Waals surface area contributed by atoms with Crippen molar-refractivity contribution in [3.8, 4) is 0 Å². The van der Waals surface area contributed by atoms with E-state index in [0.717, 1.165) is 38.7 Å². The van der Waals surface area contributed by atoms with E-state index >= 15 is 0 Å². The third-order valence-electron chi connectivity index (χ3n) is 3.94. The quantitative estimate of drug-likeness (QED) is 0.505. The molecule has 4 aromatic rings. The van der Waals surface area contributed by atoms with E-state index in [9.17, 15) is 0 Å². The van der Waals surface area contributed by atoms with Gasteiger partial charge in [-0.1, -0.05) is 55.6 Å². The number of hydrogen-bond acceptors (Lipinski definition) is 1. The molecule has 0 radical (unpaired) electrons. The number of aromatic nitrogens is 2. The smallest absolute Gasteiger partial charge is 0.146 e. The fourth-order valence-electron chi connectivity index (χ4n) is 3.03. The second-order valence-electron chi connectivity index (χ2n) is 5.01. The predicted molar refractivity (Wildman–Crippen MR) is 90.4 cm³/mol. The molecule has 2 heterocycles. The van der Waals surface area contributed by atoms with Gasteiger partial charge in [0.25, 0.3) is 0 Å². The molecular formula is C19H14N2. The molecule has 0 bridgehead atoms. The molecule has 0 fully saturated rings. The Balaban J connectivity index is 2.43. The maximum atomic E-state index is 4.79. The van der Waals surface area contributed by atoms with E-state index in [-0.39, 0.29) is 0 Å². The van der Waals surface area contributed by atoms with Crippen molar-refractivity contribution in [2.45, 2.75) is 0 Å². The van der Waals surface area contributed by atoms with Crippen molar-refractivity contribution >= 4 is 39.7 Å². The van der Waals surface area contributed by atoms with Crippen molar-refractivity contribution in [3.63, 3.8) is 0 Å². The average molecular weight is 270 g/mol. The third kappa shape index (κ3) is 1.50. The van der Waals surface area contributed by atoms with Crippen LogP contribution in [-0.2, 0) is 0 Å². The Morgan fingerprint density at radius 1 is 0.810 bits per heavy atom. The largest absolute Gasteiger partial charge is 0.292 e. The summed E-state index contributed by atoms with van der Waals surface area (Å²) in [6.07, 6.45) is 3.75. The molecule has 0 unspecified atom stereocenters. The Kier molecular flexibility index (Phi) is 2.45. The van der Waals surface area contributed by atoms with Crippen LogP contribution >= 0.6 is 0 Å². The van der Waals surface area contributed by atoms with Gasteiger partial charge in [0, 0.05) is 10.9 Å². The zero-order chi connectivity index (χ0) is 14.4. The van der Waals surface area contributed by atoms with Crippen molar-refractivity contribution in [1.82, 2.24) is 9.38 Å². The molecule has 0 aliphatic heterocycles. The Hall–Kier alpha value is -2.87. The number of benzene rings is 2. The Morgan fingerprint density at radius 3 is 2.24 bits per heavy atom. The van der Waals surface area contributed by atoms with Gasteiger partial charge in [-0.05, 0) is 23.8 Å². The zero-order valence-electron chi connectivity index (χ0n) is 11.6. The van der Waals surface area contributed by atoms with Crippen LogP contribution in [0, 0.1) is 0 Å². The summed E-state index contributed by atoms with van der Waals surface area (Å²) in [5.74, 6) is 0. The summed E-state index contributed by atoms with van der Waals surface area (Å²) in [5.41, 5.74) is 6.29. The first-order valence-corrected chi connectivity index (χ1v) is 6.92. The van der Waals surface area contributed by atoms with Gasteiger partial charge >= 0.3 is 0 Å². The lowest BCUT2D eigenvalue weighted by atomic mass is 10.0. The van der Waals surface area contributed by atoms with Gasteiger partial charge in [0.1, 0.15) is 5.65 Å². The summed E-state index contributed by atoms with van der Waals surface area (Å²) in [4.78, 5) is 4.79. The van der Waals surface area contributed by atoms with Crippen molar-refractivity contribution in [2.75, 3.05) is 0 Å². The fourth-order valence-corrected chi connectivity index (χ4v) is 3.03. The van der Waals surface area contributed by atoms with Crippen LogP contribution in [-0.4, -0.2) is 9.38 Å². The van der Waals surface area contributed by atoms with Gasteiger partial charge in [-0.3, -0.25) is 4.40 Å². The van der Waals surface area contributed by atoms with E-state index in [1.54, 1.807) is 0 Å². The highest BCUT2D eigenvalue weighted by atomic mass is 15.0. The van der Waals surface area contributed by atoms with Gasteiger partial charge in [0.2, 0.25) is 0 Å². The summed E-state index contributed by atoms with van der Waals surface area (Å²) in [6.45, 7) is 7.93. The zero-order valence-corrected chi connectivity index (χ0v) is 11.6. The van der Waals surface area contributed by atoms with Gasteiger partial charge in [0.15, 0.2) is 0 Å². The lowest BCUT2D eigenvalue weighted by Gasteiger charge is -2.11. The van der Waals surface area contributed by atoms with Gasteiger partial charge in [-0.25, -0.2) is 4.98 Å². The number of para-hydroxylation sites is 3. The molecule has 100 valence electrons. The van der Waals surface area contributed by atoms with Gasteiger partial charge in [0.05, 0.1) is 16.6 Å². The summed E-state index contributed by atoms with van der Waals surface area (Å²) in [7, 11) is 0. The number of rotatable bonds is 2. The van der Waals surface area contributed by atoms with Crippen LogP contribution in [0.4, 0.5) is 0 Å². The standard InChI is InChI=1S/C19H14N2/c1-3-13-14(4-2)19-20-16-10-6-8-12-18(16)21(19)17-11-7-5-9-15(13)17/h3-12H,1-2H2.